The van der Waals surface area contributed by atoms with Crippen LogP contribution < -0.4 is 0 Å². The lowest BCUT2D eigenvalue weighted by molar-refractivity contribution is -0.140. The lowest BCUT2D eigenvalue weighted by Crippen LogP contribution is -2.36. The van der Waals surface area contributed by atoms with E-state index in [-0.39, 0.29) is 0 Å². The summed E-state index contributed by atoms with van der Waals surface area (Å²) in [4.78, 5) is 13.4. The summed E-state index contributed by atoms with van der Waals surface area (Å²) in [6, 6.07) is 2.80. The molecule has 0 unspecified atom stereocenters. The van der Waals surface area contributed by atoms with Gasteiger partial charge in [-0.1, -0.05) is 6.07 Å². The molecule has 104 valence electrons. The number of carbonyl (C=O) groups is 1. The van der Waals surface area contributed by atoms with Crippen LogP contribution in [0.5, 0.6) is 0 Å². The van der Waals surface area contributed by atoms with Crippen molar-refractivity contribution < 1.29 is 22.4 Å². The predicted molar refractivity (Wildman–Crippen MR) is 61.2 cm³/mol. The van der Waals surface area contributed by atoms with Crippen molar-refractivity contribution in [3.8, 4) is 0 Å². The Labute approximate surface area is 108 Å². The zero-order valence-electron chi connectivity index (χ0n) is 10.1. The third kappa shape index (κ3) is 2.88. The molecular weight excluding hydrogens is 262 g/mol. The molecular formula is C13H13F4NO. The highest BCUT2D eigenvalue weighted by Gasteiger charge is 2.36. The van der Waals surface area contributed by atoms with Crippen LogP contribution in [-0.2, 0) is 6.18 Å². The number of likely N-dealkylation sites (tertiary alicyclic amines) is 1. The summed E-state index contributed by atoms with van der Waals surface area (Å²) < 4.78 is 51.5. The number of hydrogen-bond donors (Lipinski definition) is 0. The minimum atomic E-state index is -4.79. The second kappa shape index (κ2) is 5.19. The van der Waals surface area contributed by atoms with Crippen molar-refractivity contribution in [3.05, 3.63) is 35.1 Å². The molecule has 0 aromatic heterocycles. The highest BCUT2D eigenvalue weighted by molar-refractivity contribution is 5.94. The van der Waals surface area contributed by atoms with E-state index in [4.69, 9.17) is 0 Å². The Morgan fingerprint density at radius 2 is 1.74 bits per heavy atom. The zero-order chi connectivity index (χ0) is 14.0. The summed E-state index contributed by atoms with van der Waals surface area (Å²) in [6.07, 6.45) is -2.21. The molecule has 6 heteroatoms. The third-order valence-electron chi connectivity index (χ3n) is 3.18. The van der Waals surface area contributed by atoms with E-state index >= 15 is 0 Å². The molecule has 1 aromatic carbocycles. The van der Waals surface area contributed by atoms with E-state index in [0.29, 0.717) is 19.2 Å². The van der Waals surface area contributed by atoms with Gasteiger partial charge in [0, 0.05) is 13.1 Å². The van der Waals surface area contributed by atoms with Crippen LogP contribution in [-0.4, -0.2) is 23.9 Å². The molecule has 0 N–H and O–H groups in total. The van der Waals surface area contributed by atoms with Crippen LogP contribution in [0.1, 0.15) is 35.2 Å². The maximum Gasteiger partial charge on any atom is 0.419 e. The number of rotatable bonds is 1. The Morgan fingerprint density at radius 1 is 1.11 bits per heavy atom. The predicted octanol–water partition coefficient (Wildman–Crippen LogP) is 3.47. The summed E-state index contributed by atoms with van der Waals surface area (Å²) >= 11 is 0. The number of carbonyl (C=O) groups excluding carboxylic acids is 1. The fourth-order valence-corrected chi connectivity index (χ4v) is 2.18. The average molecular weight is 275 g/mol. The van der Waals surface area contributed by atoms with Crippen LogP contribution in [0.3, 0.4) is 0 Å². The molecule has 0 bridgehead atoms. The smallest absolute Gasteiger partial charge is 0.339 e. The van der Waals surface area contributed by atoms with Crippen LogP contribution in [0.25, 0.3) is 0 Å². The standard InChI is InChI=1S/C13H13F4NO/c14-11-9(5-4-6-10(11)13(15,16)17)12(19)18-7-2-1-3-8-18/h4-6H,1-3,7-8H2. The summed E-state index contributed by atoms with van der Waals surface area (Å²) in [6.45, 7) is 0.934. The van der Waals surface area contributed by atoms with Gasteiger partial charge in [0.2, 0.25) is 0 Å². The lowest BCUT2D eigenvalue weighted by Gasteiger charge is -2.27. The molecule has 2 rings (SSSR count). The second-order valence-corrected chi connectivity index (χ2v) is 4.52. The maximum atomic E-state index is 13.8. The van der Waals surface area contributed by atoms with E-state index in [1.54, 1.807) is 0 Å². The molecule has 1 aliphatic heterocycles. The molecule has 1 heterocycles. The summed E-state index contributed by atoms with van der Waals surface area (Å²) in [7, 11) is 0. The topological polar surface area (TPSA) is 20.3 Å². The van der Waals surface area contributed by atoms with E-state index in [1.807, 2.05) is 0 Å². The van der Waals surface area contributed by atoms with Crippen molar-refractivity contribution in [1.29, 1.82) is 0 Å². The quantitative estimate of drug-likeness (QED) is 0.719. The highest BCUT2D eigenvalue weighted by atomic mass is 19.4. The summed E-state index contributed by atoms with van der Waals surface area (Å²) in [5, 5.41) is 0. The SMILES string of the molecule is O=C(c1cccc(C(F)(F)F)c1F)N1CCCCC1. The maximum absolute atomic E-state index is 13.8. The minimum Gasteiger partial charge on any atom is -0.339 e. The second-order valence-electron chi connectivity index (χ2n) is 4.52. The van der Waals surface area contributed by atoms with E-state index in [0.717, 1.165) is 31.4 Å². The van der Waals surface area contributed by atoms with Crippen LogP contribution >= 0.6 is 0 Å². The lowest BCUT2D eigenvalue weighted by atomic mass is 10.1. The Bertz CT molecular complexity index is 478. The molecule has 1 amide bonds. The minimum absolute atomic E-state index is 0.467. The first-order valence-electron chi connectivity index (χ1n) is 6.06. The van der Waals surface area contributed by atoms with Gasteiger partial charge < -0.3 is 4.90 Å². The summed E-state index contributed by atoms with van der Waals surface area (Å²) in [5.74, 6) is -2.14. The monoisotopic (exact) mass is 275 g/mol. The molecule has 0 saturated carbocycles. The van der Waals surface area contributed by atoms with Crippen LogP contribution in [0, 0.1) is 5.82 Å². The molecule has 19 heavy (non-hydrogen) atoms. The van der Waals surface area contributed by atoms with E-state index in [2.05, 4.69) is 0 Å². The molecule has 2 nitrogen and oxygen atoms in total. The fraction of sp³-hybridized carbons (Fsp3) is 0.462. The van der Waals surface area contributed by atoms with Crippen molar-refractivity contribution >= 4 is 5.91 Å². The van der Waals surface area contributed by atoms with Crippen molar-refractivity contribution in [1.82, 2.24) is 4.90 Å². The number of piperidine rings is 1. The fourth-order valence-electron chi connectivity index (χ4n) is 2.18. The van der Waals surface area contributed by atoms with Gasteiger partial charge >= 0.3 is 6.18 Å². The molecule has 1 aliphatic rings. The summed E-state index contributed by atoms with van der Waals surface area (Å²) in [5.41, 5.74) is -1.90. The van der Waals surface area contributed by atoms with E-state index in [9.17, 15) is 22.4 Å². The van der Waals surface area contributed by atoms with E-state index < -0.39 is 29.0 Å². The molecule has 1 fully saturated rings. The van der Waals surface area contributed by atoms with Gasteiger partial charge in [0.1, 0.15) is 5.82 Å². The number of alkyl halides is 3. The van der Waals surface area contributed by atoms with Gasteiger partial charge in [-0.3, -0.25) is 4.79 Å². The normalized spacial score (nSPS) is 16.5. The largest absolute Gasteiger partial charge is 0.419 e. The van der Waals surface area contributed by atoms with Crippen molar-refractivity contribution in [2.24, 2.45) is 0 Å². The molecule has 0 spiro atoms. The van der Waals surface area contributed by atoms with E-state index in [1.165, 1.54) is 4.90 Å². The van der Waals surface area contributed by atoms with Crippen molar-refractivity contribution in [3.63, 3.8) is 0 Å². The number of amides is 1. The first-order valence-corrected chi connectivity index (χ1v) is 6.06. The molecule has 0 atom stereocenters. The van der Waals surface area contributed by atoms with Gasteiger partial charge in [-0.2, -0.15) is 13.2 Å². The Kier molecular flexibility index (Phi) is 3.78. The number of nitrogens with zero attached hydrogens (tertiary/aromatic N) is 1. The van der Waals surface area contributed by atoms with Gasteiger partial charge in [0.15, 0.2) is 0 Å². The number of benzene rings is 1. The molecule has 1 aromatic rings. The van der Waals surface area contributed by atoms with Gasteiger partial charge in [0.05, 0.1) is 11.1 Å². The number of hydrogen-bond acceptors (Lipinski definition) is 1. The average Bonchev–Trinajstić information content (AvgIpc) is 2.38. The first kappa shape index (κ1) is 13.8. The Hall–Kier alpha value is -1.59. The molecule has 1 saturated heterocycles. The van der Waals surface area contributed by atoms with Gasteiger partial charge in [0.25, 0.3) is 5.91 Å². The highest BCUT2D eigenvalue weighted by Crippen LogP contribution is 2.32. The Morgan fingerprint density at radius 3 is 2.32 bits per heavy atom. The van der Waals surface area contributed by atoms with Crippen molar-refractivity contribution in [2.45, 2.75) is 25.4 Å². The van der Waals surface area contributed by atoms with Crippen molar-refractivity contribution in [2.75, 3.05) is 13.1 Å². The van der Waals surface area contributed by atoms with Crippen LogP contribution in [0.4, 0.5) is 17.6 Å². The van der Waals surface area contributed by atoms with Crippen LogP contribution in [0.2, 0.25) is 0 Å². The van der Waals surface area contributed by atoms with Gasteiger partial charge in [-0.05, 0) is 31.4 Å². The van der Waals surface area contributed by atoms with Crippen LogP contribution in [0.15, 0.2) is 18.2 Å². The molecule has 0 radical (unpaired) electrons. The van der Waals surface area contributed by atoms with Gasteiger partial charge in [-0.25, -0.2) is 4.39 Å². The first-order chi connectivity index (χ1) is 8.91. The Balaban J connectivity index is 2.32. The zero-order valence-corrected chi connectivity index (χ0v) is 10.1. The third-order valence-corrected chi connectivity index (χ3v) is 3.18. The number of halogens is 4. The van der Waals surface area contributed by atoms with Gasteiger partial charge in [-0.15, -0.1) is 0 Å². The molecule has 0 aliphatic carbocycles.